The molecular formula is C23H22F5N5. The minimum absolute atomic E-state index is 0.0194. The zero-order valence-corrected chi connectivity index (χ0v) is 17.6. The third-order valence-corrected chi connectivity index (χ3v) is 6.60. The molecule has 174 valence electrons. The number of piperidine rings is 1. The molecule has 1 saturated heterocycles. The molecule has 3 aromatic rings. The van der Waals surface area contributed by atoms with Crippen molar-refractivity contribution in [3.05, 3.63) is 53.5 Å². The highest BCUT2D eigenvalue weighted by Crippen LogP contribution is 2.38. The molecule has 1 fully saturated rings. The number of aromatic nitrogens is 3. The van der Waals surface area contributed by atoms with Crippen LogP contribution in [-0.4, -0.2) is 51.1 Å². The summed E-state index contributed by atoms with van der Waals surface area (Å²) >= 11 is 0. The van der Waals surface area contributed by atoms with Gasteiger partial charge in [0.05, 0.1) is 5.39 Å². The summed E-state index contributed by atoms with van der Waals surface area (Å²) in [5, 5.41) is 0.180. The van der Waals surface area contributed by atoms with Gasteiger partial charge in [-0.15, -0.1) is 0 Å². The van der Waals surface area contributed by atoms with Crippen molar-refractivity contribution in [2.45, 2.75) is 49.7 Å². The van der Waals surface area contributed by atoms with Crippen molar-refractivity contribution in [2.75, 3.05) is 13.1 Å². The van der Waals surface area contributed by atoms with Crippen molar-refractivity contribution < 1.29 is 22.0 Å². The molecule has 5 nitrogen and oxygen atoms in total. The maximum absolute atomic E-state index is 13.7. The van der Waals surface area contributed by atoms with Gasteiger partial charge in [-0.05, 0) is 30.0 Å². The van der Waals surface area contributed by atoms with E-state index in [0.29, 0.717) is 13.1 Å². The fourth-order valence-corrected chi connectivity index (χ4v) is 4.88. The summed E-state index contributed by atoms with van der Waals surface area (Å²) in [5.74, 6) is -2.68. The Bertz CT molecular complexity index is 1180. The van der Waals surface area contributed by atoms with Crippen molar-refractivity contribution >= 4 is 23.1 Å². The van der Waals surface area contributed by atoms with Crippen LogP contribution in [0.4, 0.5) is 27.8 Å². The number of aromatic amines is 1. The molecule has 1 unspecified atom stereocenters. The van der Waals surface area contributed by atoms with Crippen LogP contribution in [0.25, 0.3) is 11.0 Å². The summed E-state index contributed by atoms with van der Waals surface area (Å²) in [6.07, 6.45) is -0.382. The number of halogens is 5. The lowest BCUT2D eigenvalue weighted by Crippen LogP contribution is -2.49. The normalized spacial score (nSPS) is 23.8. The van der Waals surface area contributed by atoms with E-state index < -0.39 is 17.8 Å². The summed E-state index contributed by atoms with van der Waals surface area (Å²) in [7, 11) is 0. The number of H-pyrrole nitrogens is 1. The van der Waals surface area contributed by atoms with Gasteiger partial charge < -0.3 is 4.98 Å². The van der Waals surface area contributed by atoms with Crippen molar-refractivity contribution in [1.82, 2.24) is 19.9 Å². The Morgan fingerprint density at radius 3 is 2.64 bits per heavy atom. The van der Waals surface area contributed by atoms with Gasteiger partial charge in [-0.25, -0.2) is 23.7 Å². The van der Waals surface area contributed by atoms with E-state index in [0.717, 1.165) is 24.5 Å². The van der Waals surface area contributed by atoms with E-state index in [4.69, 9.17) is 0 Å². The molecule has 2 atom stereocenters. The summed E-state index contributed by atoms with van der Waals surface area (Å²) in [5.41, 5.74) is 1.37. The Morgan fingerprint density at radius 2 is 1.88 bits per heavy atom. The summed E-state index contributed by atoms with van der Waals surface area (Å²) in [6.45, 7) is 0.601. The van der Waals surface area contributed by atoms with Crippen molar-refractivity contribution in [3.8, 4) is 0 Å². The molecule has 0 radical (unpaired) electrons. The average Bonchev–Trinajstić information content (AvgIpc) is 3.23. The number of likely N-dealkylation sites (tertiary alicyclic amines) is 1. The monoisotopic (exact) mass is 463 g/mol. The number of nitrogens with zero attached hydrogens (tertiary/aromatic N) is 4. The second kappa shape index (κ2) is 8.16. The van der Waals surface area contributed by atoms with E-state index in [1.165, 1.54) is 11.9 Å². The van der Waals surface area contributed by atoms with E-state index in [-0.39, 0.29) is 41.7 Å². The van der Waals surface area contributed by atoms with Crippen LogP contribution in [0.3, 0.4) is 0 Å². The molecule has 2 aliphatic rings. The fraction of sp³-hybridized carbons (Fsp3) is 0.435. The highest BCUT2D eigenvalue weighted by atomic mass is 19.4. The molecule has 0 spiro atoms. The van der Waals surface area contributed by atoms with E-state index in [1.54, 1.807) is 6.21 Å². The molecule has 0 saturated carbocycles. The van der Waals surface area contributed by atoms with E-state index in [9.17, 15) is 22.0 Å². The number of hydrogen-bond acceptors (Lipinski definition) is 4. The first-order valence-corrected chi connectivity index (χ1v) is 10.9. The number of alkyl halides is 5. The van der Waals surface area contributed by atoms with Crippen LogP contribution in [0, 0.1) is 0 Å². The van der Waals surface area contributed by atoms with Gasteiger partial charge in [0.15, 0.2) is 5.82 Å². The molecule has 3 heterocycles. The molecular weight excluding hydrogens is 441 g/mol. The number of fused-ring (bicyclic) bond motifs is 2. The Kier molecular flexibility index (Phi) is 5.43. The van der Waals surface area contributed by atoms with Gasteiger partial charge in [0, 0.05) is 44.1 Å². The third-order valence-electron chi connectivity index (χ3n) is 6.60. The SMILES string of the molecule is FC1(F)CCN([C@H]2CCc3ccccc3C2/C=N\c2ncnc3[nH]c(C(F)(F)F)cc23)CC1. The highest BCUT2D eigenvalue weighted by molar-refractivity contribution is 5.88. The summed E-state index contributed by atoms with van der Waals surface area (Å²) < 4.78 is 66.9. The lowest BCUT2D eigenvalue weighted by atomic mass is 9.78. The van der Waals surface area contributed by atoms with E-state index >= 15 is 0 Å². The van der Waals surface area contributed by atoms with Crippen LogP contribution < -0.4 is 0 Å². The van der Waals surface area contributed by atoms with Crippen molar-refractivity contribution in [1.29, 1.82) is 0 Å². The Labute approximate surface area is 186 Å². The molecule has 1 N–H and O–H groups in total. The number of hydrogen-bond donors (Lipinski definition) is 1. The first kappa shape index (κ1) is 21.9. The van der Waals surface area contributed by atoms with Gasteiger partial charge in [-0.1, -0.05) is 24.3 Å². The second-order valence-corrected chi connectivity index (χ2v) is 8.64. The Hall–Kier alpha value is -2.88. The van der Waals surface area contributed by atoms with Gasteiger partial charge in [-0.3, -0.25) is 4.90 Å². The molecule has 1 aliphatic carbocycles. The van der Waals surface area contributed by atoms with Crippen LogP contribution in [0.2, 0.25) is 0 Å². The zero-order valence-electron chi connectivity index (χ0n) is 17.6. The summed E-state index contributed by atoms with van der Waals surface area (Å²) in [6, 6.07) is 8.87. The topological polar surface area (TPSA) is 57.2 Å². The standard InChI is InChI=1S/C23H22F5N5/c24-22(25)7-9-33(10-8-22)18-6-5-14-3-1-2-4-15(14)17(18)12-29-20-16-11-19(23(26,27)28)32-21(16)31-13-30-20/h1-4,11-13,17-18H,5-10H2,(H,30,31,32)/b29-12-/t17?,18-/m0/s1. The maximum atomic E-state index is 13.7. The van der Waals surface area contributed by atoms with Crippen LogP contribution in [-0.2, 0) is 12.6 Å². The molecule has 5 rings (SSSR count). The molecule has 0 bridgehead atoms. The molecule has 33 heavy (non-hydrogen) atoms. The van der Waals surface area contributed by atoms with E-state index in [2.05, 4.69) is 24.8 Å². The van der Waals surface area contributed by atoms with Gasteiger partial charge in [0.25, 0.3) is 5.92 Å². The van der Waals surface area contributed by atoms with Gasteiger partial charge >= 0.3 is 6.18 Å². The molecule has 1 aromatic carbocycles. The van der Waals surface area contributed by atoms with Crippen LogP contribution in [0.5, 0.6) is 0 Å². The lowest BCUT2D eigenvalue weighted by Gasteiger charge is -2.42. The van der Waals surface area contributed by atoms with E-state index in [1.807, 2.05) is 24.3 Å². The van der Waals surface area contributed by atoms with Crippen molar-refractivity contribution in [3.63, 3.8) is 0 Å². The minimum atomic E-state index is -4.54. The largest absolute Gasteiger partial charge is 0.431 e. The number of aryl methyl sites for hydroxylation is 1. The smallest absolute Gasteiger partial charge is 0.336 e. The number of nitrogens with one attached hydrogen (secondary N) is 1. The predicted octanol–water partition coefficient (Wildman–Crippen LogP) is 5.51. The Morgan fingerprint density at radius 1 is 1.12 bits per heavy atom. The number of rotatable bonds is 3. The quantitative estimate of drug-likeness (QED) is 0.412. The molecule has 2 aromatic heterocycles. The van der Waals surface area contributed by atoms with Crippen LogP contribution in [0.15, 0.2) is 41.7 Å². The van der Waals surface area contributed by atoms with Crippen LogP contribution >= 0.6 is 0 Å². The first-order chi connectivity index (χ1) is 15.7. The second-order valence-electron chi connectivity index (χ2n) is 8.64. The van der Waals surface area contributed by atoms with Gasteiger partial charge in [0.1, 0.15) is 17.7 Å². The molecule has 1 aliphatic heterocycles. The maximum Gasteiger partial charge on any atom is 0.431 e. The number of benzene rings is 1. The molecule has 10 heteroatoms. The average molecular weight is 463 g/mol. The van der Waals surface area contributed by atoms with Crippen LogP contribution in [0.1, 0.15) is 42.0 Å². The fourth-order valence-electron chi connectivity index (χ4n) is 4.88. The first-order valence-electron chi connectivity index (χ1n) is 10.9. The zero-order chi connectivity index (χ0) is 23.2. The highest BCUT2D eigenvalue weighted by Gasteiger charge is 2.40. The van der Waals surface area contributed by atoms with Gasteiger partial charge in [-0.2, -0.15) is 13.2 Å². The summed E-state index contributed by atoms with van der Waals surface area (Å²) in [4.78, 5) is 16.8. The predicted molar refractivity (Wildman–Crippen MR) is 114 cm³/mol. The minimum Gasteiger partial charge on any atom is -0.336 e. The van der Waals surface area contributed by atoms with Crippen molar-refractivity contribution in [2.24, 2.45) is 4.99 Å². The lowest BCUT2D eigenvalue weighted by molar-refractivity contribution is -0.140. The molecule has 0 amide bonds. The third kappa shape index (κ3) is 4.36. The van der Waals surface area contributed by atoms with Gasteiger partial charge in [0.2, 0.25) is 0 Å². The number of aliphatic imine (C=N–C) groups is 1. The Balaban J connectivity index is 1.49.